The number of carboxylic acids is 1. The Morgan fingerprint density at radius 1 is 1.19 bits per heavy atom. The van der Waals surface area contributed by atoms with E-state index in [2.05, 4.69) is 15.5 Å². The number of nitrogens with zero attached hydrogens (tertiary/aromatic N) is 1. The van der Waals surface area contributed by atoms with Crippen LogP contribution in [0, 0.1) is 0 Å². The Bertz CT molecular complexity index is 499. The largest absolute Gasteiger partial charge is 0.481 e. The van der Waals surface area contributed by atoms with E-state index in [1.807, 2.05) is 0 Å². The molecule has 1 aromatic carbocycles. The molecule has 1 aromatic rings. The van der Waals surface area contributed by atoms with E-state index in [-0.39, 0.29) is 12.5 Å². The van der Waals surface area contributed by atoms with Crippen molar-refractivity contribution in [1.29, 1.82) is 0 Å². The average Bonchev–Trinajstić information content (AvgIpc) is 2.93. The van der Waals surface area contributed by atoms with Crippen molar-refractivity contribution in [2.45, 2.75) is 19.3 Å². The number of urea groups is 1. The van der Waals surface area contributed by atoms with Gasteiger partial charge in [0.25, 0.3) is 0 Å². The van der Waals surface area contributed by atoms with E-state index in [4.69, 9.17) is 5.11 Å². The third kappa shape index (κ3) is 5.07. The number of carboxylic acid groups (broad SMARTS) is 1. The standard InChI is InChI=1S/C15H21N3O3/c19-14(20)11-12-5-1-2-6-13(12)17-15(21)16-7-10-18-8-3-4-9-18/h1-2,5-6H,3-4,7-11H2,(H,19,20)(H2,16,17,21). The first-order valence-electron chi connectivity index (χ1n) is 7.22. The summed E-state index contributed by atoms with van der Waals surface area (Å²) in [5.74, 6) is -0.918. The van der Waals surface area contributed by atoms with Gasteiger partial charge >= 0.3 is 12.0 Å². The SMILES string of the molecule is O=C(O)Cc1ccccc1NC(=O)NCCN1CCCC1. The highest BCUT2D eigenvalue weighted by Crippen LogP contribution is 2.15. The lowest BCUT2D eigenvalue weighted by Crippen LogP contribution is -2.36. The molecule has 0 unspecified atom stereocenters. The highest BCUT2D eigenvalue weighted by Gasteiger charge is 2.12. The van der Waals surface area contributed by atoms with E-state index in [9.17, 15) is 9.59 Å². The van der Waals surface area contributed by atoms with Crippen molar-refractivity contribution >= 4 is 17.7 Å². The zero-order valence-corrected chi connectivity index (χ0v) is 12.0. The molecule has 21 heavy (non-hydrogen) atoms. The Hall–Kier alpha value is -2.08. The Balaban J connectivity index is 1.80. The number of hydrogen-bond acceptors (Lipinski definition) is 3. The van der Waals surface area contributed by atoms with Crippen LogP contribution in [0.4, 0.5) is 10.5 Å². The molecule has 0 radical (unpaired) electrons. The molecule has 1 aliphatic heterocycles. The van der Waals surface area contributed by atoms with E-state index in [0.29, 0.717) is 17.8 Å². The predicted molar refractivity (Wildman–Crippen MR) is 80.5 cm³/mol. The van der Waals surface area contributed by atoms with Crippen molar-refractivity contribution in [1.82, 2.24) is 10.2 Å². The fourth-order valence-corrected chi connectivity index (χ4v) is 2.46. The molecule has 3 N–H and O–H groups in total. The molecular formula is C15H21N3O3. The van der Waals surface area contributed by atoms with Crippen molar-refractivity contribution in [3.05, 3.63) is 29.8 Å². The lowest BCUT2D eigenvalue weighted by Gasteiger charge is -2.15. The third-order valence-corrected chi connectivity index (χ3v) is 3.52. The minimum absolute atomic E-state index is 0.107. The van der Waals surface area contributed by atoms with Crippen LogP contribution in [0.3, 0.4) is 0 Å². The molecule has 1 heterocycles. The zero-order valence-electron chi connectivity index (χ0n) is 12.0. The Labute approximate surface area is 124 Å². The number of nitrogens with one attached hydrogen (secondary N) is 2. The van der Waals surface area contributed by atoms with Gasteiger partial charge in [-0.05, 0) is 37.6 Å². The van der Waals surface area contributed by atoms with Gasteiger partial charge in [0.05, 0.1) is 6.42 Å². The highest BCUT2D eigenvalue weighted by molar-refractivity contribution is 5.90. The number of benzene rings is 1. The first kappa shape index (κ1) is 15.3. The predicted octanol–water partition coefficient (Wildman–Crippen LogP) is 1.53. The van der Waals surface area contributed by atoms with Gasteiger partial charge in [-0.3, -0.25) is 4.79 Å². The summed E-state index contributed by atoms with van der Waals surface area (Å²) in [6.45, 7) is 3.65. The van der Waals surface area contributed by atoms with Gasteiger partial charge in [-0.2, -0.15) is 0 Å². The second-order valence-electron chi connectivity index (χ2n) is 5.16. The van der Waals surface area contributed by atoms with Gasteiger partial charge in [-0.15, -0.1) is 0 Å². The van der Waals surface area contributed by atoms with Crippen LogP contribution in [0.1, 0.15) is 18.4 Å². The topological polar surface area (TPSA) is 81.7 Å². The van der Waals surface area contributed by atoms with Crippen LogP contribution in [0.15, 0.2) is 24.3 Å². The number of anilines is 1. The number of likely N-dealkylation sites (tertiary alicyclic amines) is 1. The molecular weight excluding hydrogens is 270 g/mol. The maximum atomic E-state index is 11.8. The molecule has 2 amide bonds. The van der Waals surface area contributed by atoms with Gasteiger partial charge in [-0.1, -0.05) is 18.2 Å². The van der Waals surface area contributed by atoms with Gasteiger partial charge in [0.15, 0.2) is 0 Å². The molecule has 0 atom stereocenters. The number of para-hydroxylation sites is 1. The number of aliphatic carboxylic acids is 1. The van der Waals surface area contributed by atoms with Gasteiger partial charge in [0, 0.05) is 18.8 Å². The molecule has 1 aliphatic rings. The van der Waals surface area contributed by atoms with E-state index in [1.54, 1.807) is 24.3 Å². The highest BCUT2D eigenvalue weighted by atomic mass is 16.4. The van der Waals surface area contributed by atoms with Crippen molar-refractivity contribution in [2.75, 3.05) is 31.5 Å². The zero-order chi connectivity index (χ0) is 15.1. The van der Waals surface area contributed by atoms with E-state index < -0.39 is 5.97 Å². The molecule has 6 nitrogen and oxygen atoms in total. The maximum Gasteiger partial charge on any atom is 0.319 e. The lowest BCUT2D eigenvalue weighted by atomic mass is 10.1. The van der Waals surface area contributed by atoms with Gasteiger partial charge < -0.3 is 20.6 Å². The number of carbonyl (C=O) groups is 2. The summed E-state index contributed by atoms with van der Waals surface area (Å²) in [5.41, 5.74) is 1.14. The Kier molecular flexibility index (Phi) is 5.57. The second kappa shape index (κ2) is 7.64. The minimum Gasteiger partial charge on any atom is -0.481 e. The molecule has 0 aromatic heterocycles. The van der Waals surface area contributed by atoms with Crippen LogP contribution in [-0.4, -0.2) is 48.2 Å². The van der Waals surface area contributed by atoms with Crippen LogP contribution in [0.2, 0.25) is 0 Å². The van der Waals surface area contributed by atoms with Crippen LogP contribution in [0.5, 0.6) is 0 Å². The fourth-order valence-electron chi connectivity index (χ4n) is 2.46. The van der Waals surface area contributed by atoms with E-state index in [0.717, 1.165) is 19.6 Å². The van der Waals surface area contributed by atoms with Crippen LogP contribution in [-0.2, 0) is 11.2 Å². The molecule has 114 valence electrons. The lowest BCUT2D eigenvalue weighted by molar-refractivity contribution is -0.136. The molecule has 2 rings (SSSR count). The van der Waals surface area contributed by atoms with Crippen LogP contribution >= 0.6 is 0 Å². The Morgan fingerprint density at radius 2 is 1.90 bits per heavy atom. The van der Waals surface area contributed by atoms with Gasteiger partial charge in [-0.25, -0.2) is 4.79 Å². The van der Waals surface area contributed by atoms with Crippen molar-refractivity contribution in [3.63, 3.8) is 0 Å². The summed E-state index contributed by atoms with van der Waals surface area (Å²) in [5, 5.41) is 14.4. The summed E-state index contributed by atoms with van der Waals surface area (Å²) in [6, 6.07) is 6.64. The molecule has 0 bridgehead atoms. The molecule has 6 heteroatoms. The monoisotopic (exact) mass is 291 g/mol. The van der Waals surface area contributed by atoms with Crippen molar-refractivity contribution < 1.29 is 14.7 Å². The van der Waals surface area contributed by atoms with Crippen molar-refractivity contribution in [2.24, 2.45) is 0 Å². The summed E-state index contributed by atoms with van der Waals surface area (Å²) < 4.78 is 0. The average molecular weight is 291 g/mol. The van der Waals surface area contributed by atoms with Gasteiger partial charge in [0.2, 0.25) is 0 Å². The third-order valence-electron chi connectivity index (χ3n) is 3.52. The summed E-state index contributed by atoms with van der Waals surface area (Å²) >= 11 is 0. The fraction of sp³-hybridized carbons (Fsp3) is 0.467. The van der Waals surface area contributed by atoms with E-state index >= 15 is 0 Å². The maximum absolute atomic E-state index is 11.8. The second-order valence-corrected chi connectivity index (χ2v) is 5.16. The molecule has 0 spiro atoms. The first-order valence-corrected chi connectivity index (χ1v) is 7.22. The number of rotatable bonds is 6. The molecule has 1 fully saturated rings. The van der Waals surface area contributed by atoms with Crippen molar-refractivity contribution in [3.8, 4) is 0 Å². The number of carbonyl (C=O) groups excluding carboxylic acids is 1. The normalized spacial score (nSPS) is 14.9. The quantitative estimate of drug-likeness (QED) is 0.742. The molecule has 0 aliphatic carbocycles. The number of amides is 2. The van der Waals surface area contributed by atoms with E-state index in [1.165, 1.54) is 12.8 Å². The molecule has 1 saturated heterocycles. The summed E-state index contributed by atoms with van der Waals surface area (Å²) in [6.07, 6.45) is 2.35. The summed E-state index contributed by atoms with van der Waals surface area (Å²) in [7, 11) is 0. The first-order chi connectivity index (χ1) is 10.1. The van der Waals surface area contributed by atoms with Gasteiger partial charge in [0.1, 0.15) is 0 Å². The molecule has 0 saturated carbocycles. The number of hydrogen-bond donors (Lipinski definition) is 3. The minimum atomic E-state index is -0.918. The smallest absolute Gasteiger partial charge is 0.319 e. The van der Waals surface area contributed by atoms with Crippen LogP contribution < -0.4 is 10.6 Å². The Morgan fingerprint density at radius 3 is 2.62 bits per heavy atom. The van der Waals surface area contributed by atoms with Crippen LogP contribution in [0.25, 0.3) is 0 Å². The summed E-state index contributed by atoms with van der Waals surface area (Å²) in [4.78, 5) is 24.9.